The molecule has 3 nitrogen and oxygen atoms in total. The average Bonchev–Trinajstić information content (AvgIpc) is 1.64. The van der Waals surface area contributed by atoms with Gasteiger partial charge in [-0.05, 0) is 0 Å². The summed E-state index contributed by atoms with van der Waals surface area (Å²) in [5, 5.41) is 1.38. The number of ketones is 1. The first kappa shape index (κ1) is 5.31. The summed E-state index contributed by atoms with van der Waals surface area (Å²) >= 11 is 0. The highest BCUT2D eigenvalue weighted by Crippen LogP contribution is 1.95. The fraction of sp³-hybridized carbons (Fsp3) is 0.400. The molecule has 1 aliphatic heterocycles. The fourth-order valence-corrected chi connectivity index (χ4v) is 0.640. The topological polar surface area (TPSA) is 46.3 Å². The molecule has 0 amide bonds. The van der Waals surface area contributed by atoms with Crippen LogP contribution in [-0.2, 0) is 4.79 Å². The Morgan fingerprint density at radius 3 is 2.88 bits per heavy atom. The predicted molar refractivity (Wildman–Crippen MR) is 29.7 cm³/mol. The fourth-order valence-electron chi connectivity index (χ4n) is 0.640. The second-order valence-electron chi connectivity index (χ2n) is 1.80. The molecule has 1 rings (SSSR count). The third kappa shape index (κ3) is 1.07. The van der Waals surface area contributed by atoms with Gasteiger partial charge in [-0.1, -0.05) is 6.08 Å². The lowest BCUT2D eigenvalue weighted by molar-refractivity contribution is -0.119. The van der Waals surface area contributed by atoms with Crippen LogP contribution in [0.2, 0.25) is 0 Å². The number of allylic oxidation sites excluding steroid dienone is 1. The van der Waals surface area contributed by atoms with Gasteiger partial charge in [0.15, 0.2) is 5.78 Å². The summed E-state index contributed by atoms with van der Waals surface area (Å²) in [6, 6.07) is 0. The van der Waals surface area contributed by atoms with Gasteiger partial charge in [-0.2, -0.15) is 0 Å². The van der Waals surface area contributed by atoms with Crippen molar-refractivity contribution < 1.29 is 4.79 Å². The molecule has 1 heterocycles. The van der Waals surface area contributed by atoms with E-state index in [1.165, 1.54) is 5.01 Å². The first-order chi connectivity index (χ1) is 3.79. The molecule has 3 heteroatoms. The number of hydrazine groups is 1. The monoisotopic (exact) mass is 112 g/mol. The molecule has 44 valence electrons. The van der Waals surface area contributed by atoms with E-state index >= 15 is 0 Å². The summed E-state index contributed by atoms with van der Waals surface area (Å²) in [5.74, 6) is 5.43. The quantitative estimate of drug-likeness (QED) is 0.435. The smallest absolute Gasteiger partial charge is 0.157 e. The van der Waals surface area contributed by atoms with Gasteiger partial charge in [0.1, 0.15) is 0 Å². The molecule has 0 fully saturated rings. The molecule has 0 unspecified atom stereocenters. The average molecular weight is 112 g/mol. The molecule has 1 aliphatic rings. The van der Waals surface area contributed by atoms with Crippen LogP contribution < -0.4 is 5.84 Å². The van der Waals surface area contributed by atoms with Crippen molar-refractivity contribution in [2.24, 2.45) is 5.84 Å². The third-order valence-corrected chi connectivity index (χ3v) is 1.00. The SMILES string of the molecule is NN1C=CCC(=O)C1. The molecule has 0 aliphatic carbocycles. The molecule has 0 radical (unpaired) electrons. The van der Waals surface area contributed by atoms with Gasteiger partial charge in [-0.25, -0.2) is 5.84 Å². The number of carbonyl (C=O) groups excluding carboxylic acids is 1. The van der Waals surface area contributed by atoms with Crippen molar-refractivity contribution in [3.05, 3.63) is 12.3 Å². The molecule has 2 N–H and O–H groups in total. The summed E-state index contributed by atoms with van der Waals surface area (Å²) in [5.41, 5.74) is 0. The van der Waals surface area contributed by atoms with E-state index in [0.29, 0.717) is 13.0 Å². The van der Waals surface area contributed by atoms with E-state index in [1.807, 2.05) is 0 Å². The molecule has 0 aromatic heterocycles. The van der Waals surface area contributed by atoms with Gasteiger partial charge in [0.05, 0.1) is 6.54 Å². The van der Waals surface area contributed by atoms with Crippen molar-refractivity contribution >= 4 is 5.78 Å². The van der Waals surface area contributed by atoms with E-state index in [-0.39, 0.29) is 5.78 Å². The van der Waals surface area contributed by atoms with E-state index in [0.717, 1.165) is 0 Å². The van der Waals surface area contributed by atoms with Crippen LogP contribution in [0.3, 0.4) is 0 Å². The largest absolute Gasteiger partial charge is 0.311 e. The number of carbonyl (C=O) groups is 1. The highest BCUT2D eigenvalue weighted by Gasteiger charge is 2.05. The molecular formula is C5H8N2O. The van der Waals surface area contributed by atoms with Crippen LogP contribution in [0, 0.1) is 0 Å². The lowest BCUT2D eigenvalue weighted by atomic mass is 10.2. The Labute approximate surface area is 47.7 Å². The Hall–Kier alpha value is -0.830. The first-order valence-electron chi connectivity index (χ1n) is 2.49. The van der Waals surface area contributed by atoms with E-state index in [1.54, 1.807) is 12.3 Å². The Morgan fingerprint density at radius 2 is 2.50 bits per heavy atom. The molecule has 0 spiro atoms. The first-order valence-corrected chi connectivity index (χ1v) is 2.49. The van der Waals surface area contributed by atoms with Crippen LogP contribution in [0.1, 0.15) is 6.42 Å². The van der Waals surface area contributed by atoms with E-state index in [4.69, 9.17) is 5.84 Å². The molecule has 0 aromatic carbocycles. The van der Waals surface area contributed by atoms with Crippen molar-refractivity contribution in [1.29, 1.82) is 0 Å². The van der Waals surface area contributed by atoms with Crippen LogP contribution in [-0.4, -0.2) is 17.3 Å². The van der Waals surface area contributed by atoms with Gasteiger partial charge < -0.3 is 5.01 Å². The van der Waals surface area contributed by atoms with Crippen LogP contribution in [0.4, 0.5) is 0 Å². The van der Waals surface area contributed by atoms with Crippen LogP contribution in [0.15, 0.2) is 12.3 Å². The minimum absolute atomic E-state index is 0.176. The Morgan fingerprint density at radius 1 is 1.75 bits per heavy atom. The van der Waals surface area contributed by atoms with Crippen LogP contribution in [0.25, 0.3) is 0 Å². The molecule has 8 heavy (non-hydrogen) atoms. The van der Waals surface area contributed by atoms with Gasteiger partial charge in [-0.3, -0.25) is 4.79 Å². The number of nitrogens with two attached hydrogens (primary N) is 1. The second kappa shape index (κ2) is 1.96. The van der Waals surface area contributed by atoms with E-state index < -0.39 is 0 Å². The van der Waals surface area contributed by atoms with Crippen LogP contribution >= 0.6 is 0 Å². The predicted octanol–water partition coefficient (Wildman–Crippen LogP) is -0.351. The van der Waals surface area contributed by atoms with Crippen LogP contribution in [0.5, 0.6) is 0 Å². The van der Waals surface area contributed by atoms with E-state index in [2.05, 4.69) is 0 Å². The van der Waals surface area contributed by atoms with Crippen molar-refractivity contribution in [2.75, 3.05) is 6.54 Å². The number of nitrogens with zero attached hydrogens (tertiary/aromatic N) is 1. The Kier molecular flexibility index (Phi) is 1.30. The molecule has 0 bridgehead atoms. The Bertz CT molecular complexity index is 130. The molecule has 0 atom stereocenters. The minimum Gasteiger partial charge on any atom is -0.311 e. The highest BCUT2D eigenvalue weighted by molar-refractivity contribution is 5.82. The summed E-state index contributed by atoms with van der Waals surface area (Å²) in [4.78, 5) is 10.5. The summed E-state index contributed by atoms with van der Waals surface area (Å²) < 4.78 is 0. The number of Topliss-reactive ketones (excluding diaryl/α,β-unsaturated/α-hetero) is 1. The number of hydrogen-bond donors (Lipinski definition) is 1. The summed E-state index contributed by atoms with van der Waals surface area (Å²) in [6.45, 7) is 0.358. The van der Waals surface area contributed by atoms with Gasteiger partial charge in [0, 0.05) is 12.6 Å². The molecular weight excluding hydrogens is 104 g/mol. The maximum Gasteiger partial charge on any atom is 0.157 e. The van der Waals surface area contributed by atoms with Crippen molar-refractivity contribution in [1.82, 2.24) is 5.01 Å². The Balaban J connectivity index is 2.54. The zero-order valence-corrected chi connectivity index (χ0v) is 4.50. The number of hydrogen-bond acceptors (Lipinski definition) is 3. The lowest BCUT2D eigenvalue weighted by Gasteiger charge is -2.14. The van der Waals surface area contributed by atoms with Gasteiger partial charge in [0.2, 0.25) is 0 Å². The van der Waals surface area contributed by atoms with Crippen molar-refractivity contribution in [3.63, 3.8) is 0 Å². The highest BCUT2D eigenvalue weighted by atomic mass is 16.1. The maximum absolute atomic E-state index is 10.5. The summed E-state index contributed by atoms with van der Waals surface area (Å²) in [7, 11) is 0. The zero-order valence-electron chi connectivity index (χ0n) is 4.50. The van der Waals surface area contributed by atoms with Crippen molar-refractivity contribution in [2.45, 2.75) is 6.42 Å². The maximum atomic E-state index is 10.5. The number of rotatable bonds is 0. The molecule has 0 saturated heterocycles. The zero-order chi connectivity index (χ0) is 5.98. The van der Waals surface area contributed by atoms with Gasteiger partial charge >= 0.3 is 0 Å². The van der Waals surface area contributed by atoms with E-state index in [9.17, 15) is 4.79 Å². The van der Waals surface area contributed by atoms with Gasteiger partial charge in [-0.15, -0.1) is 0 Å². The lowest BCUT2D eigenvalue weighted by Crippen LogP contribution is -2.33. The standard InChI is InChI=1S/C5H8N2O/c6-7-3-1-2-5(8)4-7/h1,3H,2,4,6H2. The molecule has 0 saturated carbocycles. The normalized spacial score (nSPS) is 19.6. The van der Waals surface area contributed by atoms with Gasteiger partial charge in [0.25, 0.3) is 0 Å². The third-order valence-electron chi connectivity index (χ3n) is 1.00. The second-order valence-corrected chi connectivity index (χ2v) is 1.80. The summed E-state index contributed by atoms with van der Waals surface area (Å²) in [6.07, 6.45) is 4.00. The minimum atomic E-state index is 0.176. The molecule has 0 aromatic rings. The van der Waals surface area contributed by atoms with Crippen molar-refractivity contribution in [3.8, 4) is 0 Å².